The minimum absolute atomic E-state index is 0.0942. The van der Waals surface area contributed by atoms with Crippen LogP contribution in [-0.4, -0.2) is 36.9 Å². The van der Waals surface area contributed by atoms with Gasteiger partial charge in [-0.25, -0.2) is 0 Å². The molecular formula is C23H30ClN3O2. The Kier molecular flexibility index (Phi) is 8.68. The summed E-state index contributed by atoms with van der Waals surface area (Å²) in [6.07, 6.45) is 1.04. The first-order valence-electron chi connectivity index (χ1n) is 9.85. The van der Waals surface area contributed by atoms with Gasteiger partial charge in [0.05, 0.1) is 29.8 Å². The van der Waals surface area contributed by atoms with Gasteiger partial charge in [-0.3, -0.25) is 14.5 Å². The Balaban J connectivity index is 1.80. The molecule has 0 aliphatic carbocycles. The van der Waals surface area contributed by atoms with E-state index >= 15 is 0 Å². The lowest BCUT2D eigenvalue weighted by atomic mass is 10.00. The van der Waals surface area contributed by atoms with E-state index in [1.54, 1.807) is 36.2 Å². The molecule has 29 heavy (non-hydrogen) atoms. The van der Waals surface area contributed by atoms with E-state index in [-0.39, 0.29) is 30.9 Å². The average molecular weight is 416 g/mol. The first-order valence-corrected chi connectivity index (χ1v) is 10.2. The van der Waals surface area contributed by atoms with Gasteiger partial charge in [0.2, 0.25) is 11.8 Å². The molecule has 0 bridgehead atoms. The number of likely N-dealkylation sites (N-methyl/N-ethyl adjacent to an activating group) is 1. The number of carbonyl (C=O) groups is 2. The van der Waals surface area contributed by atoms with Crippen molar-refractivity contribution in [3.05, 3.63) is 64.7 Å². The molecule has 0 aliphatic heterocycles. The Bertz CT molecular complexity index is 821. The first-order chi connectivity index (χ1) is 13.7. The van der Waals surface area contributed by atoms with Crippen LogP contribution in [0.25, 0.3) is 0 Å². The molecule has 0 saturated carbocycles. The molecule has 1 atom stereocenters. The SMILES string of the molecule is CC(C)Cc1ccc([C@H](C)NC(=O)CN(C)CC(=O)Nc2ccccc2Cl)cc1. The fourth-order valence-electron chi connectivity index (χ4n) is 3.08. The van der Waals surface area contributed by atoms with Gasteiger partial charge in [0.25, 0.3) is 0 Å². The standard InChI is InChI=1S/C23H30ClN3O2/c1-16(2)13-18-9-11-19(12-10-18)17(3)25-22(28)14-27(4)15-23(29)26-21-8-6-5-7-20(21)24/h5-12,16-17H,13-15H2,1-4H3,(H,25,28)(H,26,29)/t17-/m0/s1. The lowest BCUT2D eigenvalue weighted by Gasteiger charge is -2.19. The lowest BCUT2D eigenvalue weighted by Crippen LogP contribution is -2.39. The summed E-state index contributed by atoms with van der Waals surface area (Å²) in [7, 11) is 1.73. The second kappa shape index (κ2) is 11.0. The van der Waals surface area contributed by atoms with Gasteiger partial charge in [0.1, 0.15) is 0 Å². The summed E-state index contributed by atoms with van der Waals surface area (Å²) >= 11 is 6.05. The van der Waals surface area contributed by atoms with Crippen LogP contribution < -0.4 is 10.6 Å². The van der Waals surface area contributed by atoms with E-state index in [9.17, 15) is 9.59 Å². The van der Waals surface area contributed by atoms with Crippen LogP contribution in [0.2, 0.25) is 5.02 Å². The fraction of sp³-hybridized carbons (Fsp3) is 0.391. The van der Waals surface area contributed by atoms with Crippen LogP contribution in [0.3, 0.4) is 0 Å². The highest BCUT2D eigenvalue weighted by Crippen LogP contribution is 2.20. The van der Waals surface area contributed by atoms with Gasteiger partial charge in [0.15, 0.2) is 0 Å². The maximum atomic E-state index is 12.3. The molecule has 156 valence electrons. The fourth-order valence-corrected chi connectivity index (χ4v) is 3.27. The Morgan fingerprint density at radius 3 is 2.21 bits per heavy atom. The van der Waals surface area contributed by atoms with Gasteiger partial charge in [-0.15, -0.1) is 0 Å². The van der Waals surface area contributed by atoms with E-state index in [4.69, 9.17) is 11.6 Å². The molecule has 2 amide bonds. The normalized spacial score (nSPS) is 12.1. The highest BCUT2D eigenvalue weighted by molar-refractivity contribution is 6.33. The molecular weight excluding hydrogens is 386 g/mol. The predicted octanol–water partition coefficient (Wildman–Crippen LogP) is 4.29. The van der Waals surface area contributed by atoms with Crippen molar-refractivity contribution in [2.24, 2.45) is 5.92 Å². The number of hydrogen-bond donors (Lipinski definition) is 2. The summed E-state index contributed by atoms with van der Waals surface area (Å²) in [6.45, 7) is 6.58. The van der Waals surface area contributed by atoms with Crippen molar-refractivity contribution in [3.63, 3.8) is 0 Å². The molecule has 0 unspecified atom stereocenters. The van der Waals surface area contributed by atoms with Gasteiger partial charge in [-0.2, -0.15) is 0 Å². The molecule has 0 aliphatic rings. The van der Waals surface area contributed by atoms with Crippen LogP contribution in [-0.2, 0) is 16.0 Å². The summed E-state index contributed by atoms with van der Waals surface area (Å²) < 4.78 is 0. The Morgan fingerprint density at radius 2 is 1.59 bits per heavy atom. The van der Waals surface area contributed by atoms with E-state index in [1.807, 2.05) is 6.92 Å². The Hall–Kier alpha value is -2.37. The number of anilines is 1. The third-order valence-electron chi connectivity index (χ3n) is 4.48. The van der Waals surface area contributed by atoms with Gasteiger partial charge < -0.3 is 10.6 Å². The van der Waals surface area contributed by atoms with Crippen LogP contribution >= 0.6 is 11.6 Å². The van der Waals surface area contributed by atoms with Crippen molar-refractivity contribution in [2.75, 3.05) is 25.5 Å². The van der Waals surface area contributed by atoms with E-state index in [0.29, 0.717) is 16.6 Å². The lowest BCUT2D eigenvalue weighted by molar-refractivity contribution is -0.123. The summed E-state index contributed by atoms with van der Waals surface area (Å²) in [5.41, 5.74) is 2.92. The van der Waals surface area contributed by atoms with Crippen molar-refractivity contribution in [3.8, 4) is 0 Å². The minimum atomic E-state index is -0.220. The number of amides is 2. The molecule has 0 saturated heterocycles. The van der Waals surface area contributed by atoms with Gasteiger partial charge in [-0.05, 0) is 49.6 Å². The summed E-state index contributed by atoms with van der Waals surface area (Å²) in [6, 6.07) is 15.3. The van der Waals surface area contributed by atoms with Crippen molar-refractivity contribution in [1.82, 2.24) is 10.2 Å². The maximum Gasteiger partial charge on any atom is 0.238 e. The molecule has 5 nitrogen and oxygen atoms in total. The average Bonchev–Trinajstić information content (AvgIpc) is 2.63. The molecule has 0 fully saturated rings. The maximum absolute atomic E-state index is 12.3. The summed E-state index contributed by atoms with van der Waals surface area (Å²) in [4.78, 5) is 26.2. The second-order valence-electron chi connectivity index (χ2n) is 7.83. The summed E-state index contributed by atoms with van der Waals surface area (Å²) in [5.74, 6) is 0.266. The number of benzene rings is 2. The molecule has 0 radical (unpaired) electrons. The number of hydrogen-bond acceptors (Lipinski definition) is 3. The summed E-state index contributed by atoms with van der Waals surface area (Å²) in [5, 5.41) is 6.22. The molecule has 0 spiro atoms. The second-order valence-corrected chi connectivity index (χ2v) is 8.24. The molecule has 0 aromatic heterocycles. The molecule has 0 heterocycles. The Labute approximate surface area is 178 Å². The minimum Gasteiger partial charge on any atom is -0.348 e. The van der Waals surface area contributed by atoms with Crippen LogP contribution in [0.1, 0.15) is 37.9 Å². The zero-order valence-corrected chi connectivity index (χ0v) is 18.3. The molecule has 2 N–H and O–H groups in total. The number of halogens is 1. The van der Waals surface area contributed by atoms with Gasteiger partial charge in [0, 0.05) is 0 Å². The third kappa shape index (κ3) is 7.87. The highest BCUT2D eigenvalue weighted by atomic mass is 35.5. The topological polar surface area (TPSA) is 61.4 Å². The van der Waals surface area contributed by atoms with Crippen LogP contribution in [0.5, 0.6) is 0 Å². The van der Waals surface area contributed by atoms with Crippen LogP contribution in [0, 0.1) is 5.92 Å². The highest BCUT2D eigenvalue weighted by Gasteiger charge is 2.14. The van der Waals surface area contributed by atoms with E-state index in [0.717, 1.165) is 12.0 Å². The number of para-hydroxylation sites is 1. The number of rotatable bonds is 9. The van der Waals surface area contributed by atoms with E-state index in [2.05, 4.69) is 48.7 Å². The monoisotopic (exact) mass is 415 g/mol. The smallest absolute Gasteiger partial charge is 0.238 e. The quantitative estimate of drug-likeness (QED) is 0.642. The van der Waals surface area contributed by atoms with Crippen molar-refractivity contribution in [1.29, 1.82) is 0 Å². The van der Waals surface area contributed by atoms with Crippen molar-refractivity contribution >= 4 is 29.1 Å². The Morgan fingerprint density at radius 1 is 0.966 bits per heavy atom. The first kappa shape index (κ1) is 22.9. The number of nitrogens with one attached hydrogen (secondary N) is 2. The van der Waals surface area contributed by atoms with Crippen LogP contribution in [0.15, 0.2) is 48.5 Å². The van der Waals surface area contributed by atoms with Crippen molar-refractivity contribution in [2.45, 2.75) is 33.2 Å². The largest absolute Gasteiger partial charge is 0.348 e. The molecule has 2 aromatic rings. The third-order valence-corrected chi connectivity index (χ3v) is 4.81. The number of carbonyl (C=O) groups excluding carboxylic acids is 2. The van der Waals surface area contributed by atoms with Crippen molar-refractivity contribution < 1.29 is 9.59 Å². The number of nitrogens with zero attached hydrogens (tertiary/aromatic N) is 1. The zero-order chi connectivity index (χ0) is 21.4. The molecule has 2 rings (SSSR count). The van der Waals surface area contributed by atoms with E-state index < -0.39 is 0 Å². The molecule has 6 heteroatoms. The van der Waals surface area contributed by atoms with Crippen LogP contribution in [0.4, 0.5) is 5.69 Å². The zero-order valence-electron chi connectivity index (χ0n) is 17.5. The van der Waals surface area contributed by atoms with Gasteiger partial charge in [-0.1, -0.05) is 61.8 Å². The molecule has 2 aromatic carbocycles. The van der Waals surface area contributed by atoms with E-state index in [1.165, 1.54) is 5.56 Å². The van der Waals surface area contributed by atoms with Gasteiger partial charge >= 0.3 is 0 Å². The predicted molar refractivity (Wildman–Crippen MR) is 119 cm³/mol.